The van der Waals surface area contributed by atoms with Crippen LogP contribution >= 0.6 is 23.8 Å². The Bertz CT molecular complexity index is 982. The van der Waals surface area contributed by atoms with Crippen molar-refractivity contribution in [3.63, 3.8) is 0 Å². The number of halogens is 1. The van der Waals surface area contributed by atoms with Crippen LogP contribution in [0.25, 0.3) is 0 Å². The maximum atomic E-state index is 12.5. The topological polar surface area (TPSA) is 75.3 Å². The number of benzene rings is 2. The lowest BCUT2D eigenvalue weighted by molar-refractivity contribution is -0.117. The number of para-hydroxylation sites is 1. The van der Waals surface area contributed by atoms with Gasteiger partial charge in [0.2, 0.25) is 11.7 Å². The molecule has 1 heterocycles. The number of hydrogen-bond donors (Lipinski definition) is 2. The van der Waals surface area contributed by atoms with Gasteiger partial charge in [-0.15, -0.1) is 0 Å². The van der Waals surface area contributed by atoms with Crippen LogP contribution in [0, 0.1) is 0 Å². The molecule has 0 spiro atoms. The Morgan fingerprint density at radius 1 is 1.03 bits per heavy atom. The summed E-state index contributed by atoms with van der Waals surface area (Å²) in [5.41, 5.74) is 1.59. The lowest BCUT2D eigenvalue weighted by Crippen LogP contribution is -2.42. The van der Waals surface area contributed by atoms with Crippen molar-refractivity contribution < 1.29 is 19.0 Å². The molecular weight excluding hydrogens is 476 g/mol. The minimum atomic E-state index is -0.0790. The average Bonchev–Trinajstić information content (AvgIpc) is 3.08. The first-order chi connectivity index (χ1) is 16.4. The van der Waals surface area contributed by atoms with E-state index in [2.05, 4.69) is 20.4 Å². The molecule has 1 fully saturated rings. The van der Waals surface area contributed by atoms with E-state index in [9.17, 15) is 4.79 Å². The minimum Gasteiger partial charge on any atom is -0.493 e. The van der Waals surface area contributed by atoms with Crippen molar-refractivity contribution in [2.75, 3.05) is 59.4 Å². The van der Waals surface area contributed by atoms with Gasteiger partial charge in [-0.3, -0.25) is 9.69 Å². The van der Waals surface area contributed by atoms with Gasteiger partial charge in [0.1, 0.15) is 0 Å². The van der Waals surface area contributed by atoms with Gasteiger partial charge in [0.05, 0.1) is 38.6 Å². The molecule has 1 aliphatic rings. The average molecular weight is 507 g/mol. The zero-order valence-electron chi connectivity index (χ0n) is 19.7. The number of ether oxygens (including phenoxy) is 3. The highest BCUT2D eigenvalue weighted by Crippen LogP contribution is 2.38. The zero-order valence-corrected chi connectivity index (χ0v) is 21.3. The van der Waals surface area contributed by atoms with Crippen molar-refractivity contribution in [1.82, 2.24) is 15.1 Å². The fourth-order valence-electron chi connectivity index (χ4n) is 3.81. The van der Waals surface area contributed by atoms with E-state index < -0.39 is 0 Å². The van der Waals surface area contributed by atoms with Gasteiger partial charge >= 0.3 is 0 Å². The van der Waals surface area contributed by atoms with E-state index in [-0.39, 0.29) is 5.91 Å². The van der Waals surface area contributed by atoms with Gasteiger partial charge in [0, 0.05) is 32.7 Å². The minimum absolute atomic E-state index is 0.0790. The summed E-state index contributed by atoms with van der Waals surface area (Å²) in [7, 11) is 4.77. The molecular formula is C24H31ClN4O4S. The number of amides is 1. The molecule has 1 amide bonds. The predicted octanol–water partition coefficient (Wildman–Crippen LogP) is 3.39. The van der Waals surface area contributed by atoms with E-state index in [4.69, 9.17) is 38.0 Å². The molecule has 0 saturated carbocycles. The number of hydrogen-bond acceptors (Lipinski definition) is 6. The molecule has 0 unspecified atom stereocenters. The van der Waals surface area contributed by atoms with Crippen LogP contribution in [0.2, 0.25) is 5.02 Å². The number of anilines is 1. The summed E-state index contributed by atoms with van der Waals surface area (Å²) in [6.07, 6.45) is 0.908. The Balaban J connectivity index is 1.51. The molecule has 3 rings (SSSR count). The van der Waals surface area contributed by atoms with Crippen LogP contribution in [0.5, 0.6) is 17.2 Å². The van der Waals surface area contributed by atoms with Crippen molar-refractivity contribution in [3.8, 4) is 17.2 Å². The SMILES string of the molecule is COc1cc(CNC(=S)N2CCCN(CC(=O)Nc3ccccc3Cl)CC2)cc(OC)c1OC. The summed E-state index contributed by atoms with van der Waals surface area (Å²) in [4.78, 5) is 16.7. The number of nitrogens with zero attached hydrogens (tertiary/aromatic N) is 2. The third-order valence-electron chi connectivity index (χ3n) is 5.56. The Hall–Kier alpha value is -2.75. The Kier molecular flexibility index (Phi) is 9.62. The van der Waals surface area contributed by atoms with Crippen LogP contribution in [0.4, 0.5) is 5.69 Å². The van der Waals surface area contributed by atoms with Crippen molar-refractivity contribution in [1.29, 1.82) is 0 Å². The second-order valence-electron chi connectivity index (χ2n) is 7.84. The van der Waals surface area contributed by atoms with Gasteiger partial charge < -0.3 is 29.7 Å². The van der Waals surface area contributed by atoms with Crippen LogP contribution < -0.4 is 24.8 Å². The quantitative estimate of drug-likeness (QED) is 0.528. The van der Waals surface area contributed by atoms with Crippen LogP contribution in [0.1, 0.15) is 12.0 Å². The number of rotatable bonds is 8. The number of nitrogens with one attached hydrogen (secondary N) is 2. The number of thiocarbonyl (C=S) groups is 1. The summed E-state index contributed by atoms with van der Waals surface area (Å²) in [5, 5.41) is 7.41. The highest BCUT2D eigenvalue weighted by Gasteiger charge is 2.19. The molecule has 2 N–H and O–H groups in total. The largest absolute Gasteiger partial charge is 0.493 e. The van der Waals surface area contributed by atoms with E-state index >= 15 is 0 Å². The zero-order chi connectivity index (χ0) is 24.5. The summed E-state index contributed by atoms with van der Waals surface area (Å²) < 4.78 is 16.2. The first-order valence-corrected chi connectivity index (χ1v) is 11.8. The molecule has 1 aliphatic heterocycles. The standard InChI is InChI=1S/C24H31ClN4O4S/c1-31-20-13-17(14-21(32-2)23(20)33-3)15-26-24(34)29-10-6-9-28(11-12-29)16-22(30)27-19-8-5-4-7-18(19)25/h4-5,7-8,13-14H,6,9-12,15-16H2,1-3H3,(H,26,34)(H,27,30). The summed E-state index contributed by atoms with van der Waals surface area (Å²) >= 11 is 11.8. The van der Waals surface area contributed by atoms with Gasteiger partial charge in [-0.05, 0) is 48.5 Å². The predicted molar refractivity (Wildman–Crippen MR) is 138 cm³/mol. The van der Waals surface area contributed by atoms with E-state index in [0.29, 0.717) is 46.2 Å². The number of carbonyl (C=O) groups is 1. The van der Waals surface area contributed by atoms with Gasteiger partial charge in [-0.2, -0.15) is 0 Å². The third-order valence-corrected chi connectivity index (χ3v) is 6.29. The summed E-state index contributed by atoms with van der Waals surface area (Å²) in [5.74, 6) is 1.68. The molecule has 34 heavy (non-hydrogen) atoms. The Morgan fingerprint density at radius 3 is 2.38 bits per heavy atom. The van der Waals surface area contributed by atoms with Crippen LogP contribution in [0.3, 0.4) is 0 Å². The lowest BCUT2D eigenvalue weighted by Gasteiger charge is -2.25. The van der Waals surface area contributed by atoms with E-state index in [1.165, 1.54) is 0 Å². The molecule has 0 aromatic heterocycles. The first kappa shape index (κ1) is 25.9. The van der Waals surface area contributed by atoms with Crippen molar-refractivity contribution in [2.24, 2.45) is 0 Å². The van der Waals surface area contributed by atoms with E-state index in [0.717, 1.165) is 38.2 Å². The van der Waals surface area contributed by atoms with Gasteiger partial charge in [0.15, 0.2) is 16.6 Å². The van der Waals surface area contributed by atoms with E-state index in [1.807, 2.05) is 24.3 Å². The summed E-state index contributed by atoms with van der Waals surface area (Å²) in [6, 6.07) is 11.0. The van der Waals surface area contributed by atoms with Gasteiger partial charge in [-0.1, -0.05) is 23.7 Å². The Labute approximate surface area is 211 Å². The van der Waals surface area contributed by atoms with Crippen molar-refractivity contribution in [2.45, 2.75) is 13.0 Å². The molecule has 0 atom stereocenters. The second kappa shape index (κ2) is 12.6. The summed E-state index contributed by atoms with van der Waals surface area (Å²) in [6.45, 7) is 3.95. The fourth-order valence-corrected chi connectivity index (χ4v) is 4.25. The molecule has 2 aromatic rings. The van der Waals surface area contributed by atoms with Crippen LogP contribution in [-0.4, -0.2) is 74.9 Å². The highest BCUT2D eigenvalue weighted by atomic mass is 35.5. The van der Waals surface area contributed by atoms with Crippen molar-refractivity contribution >= 4 is 40.5 Å². The monoisotopic (exact) mass is 506 g/mol. The lowest BCUT2D eigenvalue weighted by atomic mass is 10.2. The molecule has 1 saturated heterocycles. The van der Waals surface area contributed by atoms with Crippen LogP contribution in [0.15, 0.2) is 36.4 Å². The second-order valence-corrected chi connectivity index (χ2v) is 8.63. The molecule has 10 heteroatoms. The normalized spacial score (nSPS) is 14.2. The van der Waals surface area contributed by atoms with Crippen molar-refractivity contribution in [3.05, 3.63) is 47.0 Å². The maximum absolute atomic E-state index is 12.5. The molecule has 0 radical (unpaired) electrons. The Morgan fingerprint density at radius 2 is 1.74 bits per heavy atom. The first-order valence-electron chi connectivity index (χ1n) is 11.0. The van der Waals surface area contributed by atoms with Gasteiger partial charge in [-0.25, -0.2) is 0 Å². The smallest absolute Gasteiger partial charge is 0.238 e. The van der Waals surface area contributed by atoms with Crippen LogP contribution in [-0.2, 0) is 11.3 Å². The fraction of sp³-hybridized carbons (Fsp3) is 0.417. The molecule has 0 aliphatic carbocycles. The van der Waals surface area contributed by atoms with Gasteiger partial charge in [0.25, 0.3) is 0 Å². The highest BCUT2D eigenvalue weighted by molar-refractivity contribution is 7.80. The van der Waals surface area contributed by atoms with E-state index in [1.54, 1.807) is 33.5 Å². The molecule has 8 nitrogen and oxygen atoms in total. The third kappa shape index (κ3) is 6.88. The maximum Gasteiger partial charge on any atom is 0.238 e. The molecule has 0 bridgehead atoms. The number of methoxy groups -OCH3 is 3. The number of carbonyl (C=O) groups excluding carboxylic acids is 1. The molecule has 2 aromatic carbocycles. The molecule has 184 valence electrons.